The van der Waals surface area contributed by atoms with Gasteiger partial charge in [0, 0.05) is 12.8 Å². The Morgan fingerprint density at radius 3 is 2.43 bits per heavy atom. The summed E-state index contributed by atoms with van der Waals surface area (Å²) in [7, 11) is 0. The zero-order valence-corrected chi connectivity index (χ0v) is 16.6. The van der Waals surface area contributed by atoms with Gasteiger partial charge in [-0.25, -0.2) is 0 Å². The lowest BCUT2D eigenvalue weighted by atomic mass is 10.2. The predicted molar refractivity (Wildman–Crippen MR) is 110 cm³/mol. The van der Waals surface area contributed by atoms with E-state index in [1.54, 1.807) is 0 Å². The van der Waals surface area contributed by atoms with Crippen molar-refractivity contribution in [1.29, 1.82) is 0 Å². The van der Waals surface area contributed by atoms with Crippen LogP contribution >= 0.6 is 11.3 Å². The molecule has 0 aliphatic carbocycles. The van der Waals surface area contributed by atoms with E-state index in [1.807, 2.05) is 61.5 Å². The molecule has 7 heteroatoms. The fourth-order valence-electron chi connectivity index (χ4n) is 2.55. The largest absolute Gasteiger partial charge is 0.494 e. The molecule has 0 bridgehead atoms. The van der Waals surface area contributed by atoms with Gasteiger partial charge >= 0.3 is 0 Å². The molecular formula is C21H23N3O3S. The zero-order valence-electron chi connectivity index (χ0n) is 15.8. The third-order valence-electron chi connectivity index (χ3n) is 3.86. The summed E-state index contributed by atoms with van der Waals surface area (Å²) in [5, 5.41) is 12.4. The van der Waals surface area contributed by atoms with Crippen molar-refractivity contribution in [3.8, 4) is 11.5 Å². The molecule has 0 saturated heterocycles. The number of amides is 1. The van der Waals surface area contributed by atoms with Gasteiger partial charge in [0.2, 0.25) is 11.0 Å². The number of hydrogen-bond acceptors (Lipinski definition) is 6. The number of benzene rings is 2. The maximum absolute atomic E-state index is 12.1. The average molecular weight is 398 g/mol. The molecule has 0 saturated carbocycles. The van der Waals surface area contributed by atoms with Crippen LogP contribution in [-0.4, -0.2) is 29.3 Å². The molecule has 1 N–H and O–H groups in total. The second-order valence-corrected chi connectivity index (χ2v) is 7.13. The van der Waals surface area contributed by atoms with Crippen molar-refractivity contribution >= 4 is 22.4 Å². The lowest BCUT2D eigenvalue weighted by molar-refractivity contribution is -0.116. The third-order valence-corrected chi connectivity index (χ3v) is 4.70. The maximum Gasteiger partial charge on any atom is 0.226 e. The van der Waals surface area contributed by atoms with Crippen LogP contribution in [-0.2, 0) is 11.2 Å². The summed E-state index contributed by atoms with van der Waals surface area (Å²) < 4.78 is 11.0. The molecule has 3 rings (SSSR count). The van der Waals surface area contributed by atoms with Gasteiger partial charge < -0.3 is 14.8 Å². The molecule has 0 atom stereocenters. The lowest BCUT2D eigenvalue weighted by Gasteiger charge is -2.07. The Morgan fingerprint density at radius 2 is 1.71 bits per heavy atom. The highest BCUT2D eigenvalue weighted by Gasteiger charge is 2.09. The minimum absolute atomic E-state index is 0.0855. The monoisotopic (exact) mass is 397 g/mol. The average Bonchev–Trinajstić information content (AvgIpc) is 3.14. The predicted octanol–water partition coefficient (Wildman–Crippen LogP) is 4.33. The Labute approximate surface area is 168 Å². The van der Waals surface area contributed by atoms with Crippen LogP contribution in [0.2, 0.25) is 0 Å². The van der Waals surface area contributed by atoms with Gasteiger partial charge in [0.15, 0.2) is 0 Å². The second-order valence-electron chi connectivity index (χ2n) is 6.07. The van der Waals surface area contributed by atoms with Crippen molar-refractivity contribution in [2.75, 3.05) is 18.5 Å². The van der Waals surface area contributed by atoms with Crippen molar-refractivity contribution in [3.05, 3.63) is 65.2 Å². The number of ether oxygens (including phenoxy) is 2. The summed E-state index contributed by atoms with van der Waals surface area (Å²) in [6.07, 6.45) is 1.70. The van der Waals surface area contributed by atoms with Crippen LogP contribution in [0.1, 0.15) is 30.3 Å². The van der Waals surface area contributed by atoms with E-state index in [2.05, 4.69) is 15.5 Å². The molecule has 0 radical (unpaired) electrons. The Kier molecular flexibility index (Phi) is 7.37. The summed E-state index contributed by atoms with van der Waals surface area (Å²) in [5.74, 6) is 1.49. The van der Waals surface area contributed by atoms with Gasteiger partial charge in [-0.05, 0) is 43.2 Å². The van der Waals surface area contributed by atoms with Crippen LogP contribution in [0.5, 0.6) is 11.5 Å². The standard InChI is InChI=1S/C21H23N3O3S/c1-2-26-17-10-12-18(13-11-17)27-14-6-9-19(25)22-21-24-23-20(28-21)15-16-7-4-3-5-8-16/h3-5,7-8,10-13H,2,6,9,14-15H2,1H3,(H,22,24,25). The van der Waals surface area contributed by atoms with E-state index in [-0.39, 0.29) is 5.91 Å². The van der Waals surface area contributed by atoms with Gasteiger partial charge in [-0.1, -0.05) is 41.7 Å². The molecule has 2 aromatic carbocycles. The fraction of sp³-hybridized carbons (Fsp3) is 0.286. The van der Waals surface area contributed by atoms with E-state index >= 15 is 0 Å². The molecular weight excluding hydrogens is 374 g/mol. The van der Waals surface area contributed by atoms with Crippen LogP contribution in [0, 0.1) is 0 Å². The van der Waals surface area contributed by atoms with Crippen molar-refractivity contribution in [2.24, 2.45) is 0 Å². The van der Waals surface area contributed by atoms with Crippen molar-refractivity contribution in [2.45, 2.75) is 26.2 Å². The Morgan fingerprint density at radius 1 is 1.00 bits per heavy atom. The SMILES string of the molecule is CCOc1ccc(OCCCC(=O)Nc2nnc(Cc3ccccc3)s2)cc1. The van der Waals surface area contributed by atoms with Crippen molar-refractivity contribution < 1.29 is 14.3 Å². The third kappa shape index (κ3) is 6.35. The van der Waals surface area contributed by atoms with E-state index in [4.69, 9.17) is 9.47 Å². The molecule has 0 fully saturated rings. The first kappa shape index (κ1) is 19.8. The maximum atomic E-state index is 12.1. The highest BCUT2D eigenvalue weighted by Crippen LogP contribution is 2.19. The number of nitrogens with one attached hydrogen (secondary N) is 1. The zero-order chi connectivity index (χ0) is 19.6. The number of carbonyl (C=O) groups excluding carboxylic acids is 1. The topological polar surface area (TPSA) is 73.3 Å². The summed E-state index contributed by atoms with van der Waals surface area (Å²) in [6, 6.07) is 17.5. The molecule has 3 aromatic rings. The molecule has 1 aromatic heterocycles. The Bertz CT molecular complexity index is 866. The number of rotatable bonds is 10. The lowest BCUT2D eigenvalue weighted by Crippen LogP contribution is -2.12. The first-order chi connectivity index (χ1) is 13.7. The van der Waals surface area contributed by atoms with Crippen LogP contribution in [0.3, 0.4) is 0 Å². The summed E-state index contributed by atoms with van der Waals surface area (Å²) >= 11 is 1.40. The fourth-order valence-corrected chi connectivity index (χ4v) is 3.34. The van der Waals surface area contributed by atoms with Crippen LogP contribution < -0.4 is 14.8 Å². The van der Waals surface area contributed by atoms with E-state index in [0.29, 0.717) is 37.6 Å². The smallest absolute Gasteiger partial charge is 0.226 e. The highest BCUT2D eigenvalue weighted by molar-refractivity contribution is 7.15. The number of nitrogens with zero attached hydrogens (tertiary/aromatic N) is 2. The molecule has 0 spiro atoms. The molecule has 6 nitrogen and oxygen atoms in total. The number of hydrogen-bond donors (Lipinski definition) is 1. The minimum atomic E-state index is -0.0855. The molecule has 0 aliphatic heterocycles. The molecule has 1 amide bonds. The molecule has 146 valence electrons. The molecule has 0 aliphatic rings. The first-order valence-corrected chi connectivity index (χ1v) is 10.1. The van der Waals surface area contributed by atoms with E-state index < -0.39 is 0 Å². The Balaban J connectivity index is 1.36. The minimum Gasteiger partial charge on any atom is -0.494 e. The normalized spacial score (nSPS) is 10.5. The highest BCUT2D eigenvalue weighted by atomic mass is 32.1. The van der Waals surface area contributed by atoms with Gasteiger partial charge in [0.25, 0.3) is 0 Å². The van der Waals surface area contributed by atoms with E-state index in [9.17, 15) is 4.79 Å². The van der Waals surface area contributed by atoms with Gasteiger partial charge in [-0.3, -0.25) is 4.79 Å². The first-order valence-electron chi connectivity index (χ1n) is 9.25. The van der Waals surface area contributed by atoms with E-state index in [1.165, 1.54) is 16.9 Å². The van der Waals surface area contributed by atoms with Crippen molar-refractivity contribution in [1.82, 2.24) is 10.2 Å². The van der Waals surface area contributed by atoms with Crippen LogP contribution in [0.4, 0.5) is 5.13 Å². The number of aromatic nitrogens is 2. The Hall–Kier alpha value is -2.93. The second kappa shape index (κ2) is 10.4. The van der Waals surface area contributed by atoms with Crippen LogP contribution in [0.15, 0.2) is 54.6 Å². The van der Waals surface area contributed by atoms with Gasteiger partial charge in [0.05, 0.1) is 13.2 Å². The quantitative estimate of drug-likeness (QED) is 0.516. The number of carbonyl (C=O) groups is 1. The summed E-state index contributed by atoms with van der Waals surface area (Å²) in [6.45, 7) is 3.05. The number of anilines is 1. The van der Waals surface area contributed by atoms with Crippen LogP contribution in [0.25, 0.3) is 0 Å². The van der Waals surface area contributed by atoms with Gasteiger partial charge in [0.1, 0.15) is 16.5 Å². The van der Waals surface area contributed by atoms with Crippen molar-refractivity contribution in [3.63, 3.8) is 0 Å². The van der Waals surface area contributed by atoms with Gasteiger partial charge in [-0.15, -0.1) is 10.2 Å². The summed E-state index contributed by atoms with van der Waals surface area (Å²) in [4.78, 5) is 12.1. The van der Waals surface area contributed by atoms with Gasteiger partial charge in [-0.2, -0.15) is 0 Å². The molecule has 1 heterocycles. The molecule has 28 heavy (non-hydrogen) atoms. The van der Waals surface area contributed by atoms with E-state index in [0.717, 1.165) is 16.5 Å². The molecule has 0 unspecified atom stereocenters. The summed E-state index contributed by atoms with van der Waals surface area (Å²) in [5.41, 5.74) is 1.17.